The molecule has 1 heterocycles. The highest BCUT2D eigenvalue weighted by Crippen LogP contribution is 2.47. The minimum Gasteiger partial charge on any atom is -0.478 e. The van der Waals surface area contributed by atoms with E-state index in [2.05, 4.69) is 5.10 Å². The monoisotopic (exact) mass is 362 g/mol. The number of aromatic carboxylic acids is 1. The second-order valence-electron chi connectivity index (χ2n) is 6.88. The predicted octanol–water partition coefficient (Wildman–Crippen LogP) is 3.53. The number of carboxylic acid groups (broad SMARTS) is 1. The smallest absolute Gasteiger partial charge is 0.433 e. The van der Waals surface area contributed by atoms with Crippen LogP contribution in [0.4, 0.5) is 13.2 Å². The van der Waals surface area contributed by atoms with Gasteiger partial charge in [0.1, 0.15) is 5.56 Å². The van der Waals surface area contributed by atoms with Crippen LogP contribution in [0.3, 0.4) is 0 Å². The van der Waals surface area contributed by atoms with E-state index in [4.69, 9.17) is 9.84 Å². The van der Waals surface area contributed by atoms with E-state index in [0.717, 1.165) is 10.9 Å². The second kappa shape index (κ2) is 6.68. The first-order chi connectivity index (χ1) is 11.5. The summed E-state index contributed by atoms with van der Waals surface area (Å²) in [7, 11) is 0. The molecule has 0 spiro atoms. The van der Waals surface area contributed by atoms with Crippen molar-refractivity contribution in [3.63, 3.8) is 0 Å². The van der Waals surface area contributed by atoms with Crippen molar-refractivity contribution in [2.45, 2.75) is 52.3 Å². The van der Waals surface area contributed by atoms with Gasteiger partial charge in [0.25, 0.3) is 0 Å². The number of halogens is 3. The Kier molecular flexibility index (Phi) is 5.15. The van der Waals surface area contributed by atoms with Crippen LogP contribution >= 0.6 is 0 Å². The van der Waals surface area contributed by atoms with E-state index in [-0.39, 0.29) is 25.4 Å². The van der Waals surface area contributed by atoms with Crippen LogP contribution in [-0.2, 0) is 15.7 Å². The van der Waals surface area contributed by atoms with Gasteiger partial charge in [0, 0.05) is 0 Å². The van der Waals surface area contributed by atoms with Crippen LogP contribution in [0.1, 0.15) is 62.1 Å². The summed E-state index contributed by atoms with van der Waals surface area (Å²) < 4.78 is 45.9. The molecule has 0 unspecified atom stereocenters. The number of nitrogens with zero attached hydrogens (tertiary/aromatic N) is 2. The van der Waals surface area contributed by atoms with Gasteiger partial charge in [-0.15, -0.1) is 0 Å². The number of carbonyl (C=O) groups is 2. The van der Waals surface area contributed by atoms with Crippen molar-refractivity contribution in [3.8, 4) is 0 Å². The lowest BCUT2D eigenvalue weighted by atomic mass is 9.67. The first-order valence-electron chi connectivity index (χ1n) is 8.03. The molecule has 2 atom stereocenters. The van der Waals surface area contributed by atoms with Gasteiger partial charge in [0.15, 0.2) is 5.69 Å². The first-order valence-corrected chi connectivity index (χ1v) is 8.03. The Morgan fingerprint density at radius 3 is 2.52 bits per heavy atom. The molecule has 1 fully saturated rings. The minimum atomic E-state index is -4.83. The van der Waals surface area contributed by atoms with E-state index >= 15 is 0 Å². The molecular weight excluding hydrogens is 341 g/mol. The molecule has 1 saturated carbocycles. The summed E-state index contributed by atoms with van der Waals surface area (Å²) in [5, 5.41) is 12.7. The van der Waals surface area contributed by atoms with Crippen molar-refractivity contribution >= 4 is 11.9 Å². The number of carboxylic acids is 1. The maximum Gasteiger partial charge on any atom is 0.433 e. The Bertz CT molecular complexity index is 667. The zero-order valence-electron chi connectivity index (χ0n) is 14.3. The number of rotatable bonds is 4. The number of hydrogen-bond donors (Lipinski definition) is 1. The fourth-order valence-corrected chi connectivity index (χ4v) is 3.57. The predicted molar refractivity (Wildman–Crippen MR) is 81.0 cm³/mol. The maximum atomic E-state index is 13.4. The molecule has 25 heavy (non-hydrogen) atoms. The average Bonchev–Trinajstić information content (AvgIpc) is 2.91. The van der Waals surface area contributed by atoms with E-state index in [1.807, 2.05) is 0 Å². The normalized spacial score (nSPS) is 23.3. The van der Waals surface area contributed by atoms with Gasteiger partial charge < -0.3 is 9.84 Å². The van der Waals surface area contributed by atoms with Crippen LogP contribution in [0, 0.1) is 11.3 Å². The maximum absolute atomic E-state index is 13.4. The van der Waals surface area contributed by atoms with E-state index in [0.29, 0.717) is 6.42 Å². The molecule has 6 nitrogen and oxygen atoms in total. The van der Waals surface area contributed by atoms with E-state index in [1.165, 1.54) is 0 Å². The highest BCUT2D eigenvalue weighted by molar-refractivity contribution is 5.88. The van der Waals surface area contributed by atoms with E-state index in [9.17, 15) is 22.8 Å². The molecule has 0 amide bonds. The third-order valence-corrected chi connectivity index (χ3v) is 4.70. The lowest BCUT2D eigenvalue weighted by Gasteiger charge is -2.41. The number of alkyl halides is 3. The molecule has 1 aliphatic rings. The Balaban J connectivity index is 2.34. The summed E-state index contributed by atoms with van der Waals surface area (Å²) in [4.78, 5) is 23.2. The van der Waals surface area contributed by atoms with Gasteiger partial charge in [0.05, 0.1) is 24.8 Å². The fraction of sp³-hybridized carbons (Fsp3) is 0.688. The van der Waals surface area contributed by atoms with Crippen LogP contribution in [0.25, 0.3) is 0 Å². The molecular formula is C16H21F3N2O4. The summed E-state index contributed by atoms with van der Waals surface area (Å²) in [6, 6.07) is -0.634. The summed E-state index contributed by atoms with van der Waals surface area (Å²) in [5.74, 6) is -2.43. The minimum absolute atomic E-state index is 0.244. The SMILES string of the molecule is CCOC(=O)[C@@H]1CC[C@@H](n2ncc(C(=O)O)c2C(F)(F)F)CC1(C)C. The molecule has 0 aromatic carbocycles. The van der Waals surface area contributed by atoms with Crippen molar-refractivity contribution in [1.29, 1.82) is 0 Å². The Hall–Kier alpha value is -2.06. The third-order valence-electron chi connectivity index (χ3n) is 4.70. The van der Waals surface area contributed by atoms with Crippen molar-refractivity contribution in [3.05, 3.63) is 17.5 Å². The van der Waals surface area contributed by atoms with Crippen molar-refractivity contribution in [2.24, 2.45) is 11.3 Å². The molecule has 9 heteroatoms. The molecule has 0 saturated heterocycles. The Morgan fingerprint density at radius 1 is 1.40 bits per heavy atom. The number of esters is 1. The topological polar surface area (TPSA) is 81.4 Å². The van der Waals surface area contributed by atoms with Gasteiger partial charge in [-0.25, -0.2) is 4.79 Å². The Morgan fingerprint density at radius 2 is 2.04 bits per heavy atom. The number of aromatic nitrogens is 2. The van der Waals surface area contributed by atoms with Crippen LogP contribution < -0.4 is 0 Å². The van der Waals surface area contributed by atoms with Crippen LogP contribution in [0.15, 0.2) is 6.20 Å². The van der Waals surface area contributed by atoms with Crippen molar-refractivity contribution in [2.75, 3.05) is 6.61 Å². The van der Waals surface area contributed by atoms with Gasteiger partial charge in [-0.3, -0.25) is 9.48 Å². The average molecular weight is 362 g/mol. The molecule has 1 aliphatic carbocycles. The third kappa shape index (κ3) is 3.80. The van der Waals surface area contributed by atoms with Crippen LogP contribution in [0.2, 0.25) is 0 Å². The lowest BCUT2D eigenvalue weighted by Crippen LogP contribution is -2.39. The first kappa shape index (κ1) is 19.3. The van der Waals surface area contributed by atoms with Gasteiger partial charge in [-0.1, -0.05) is 13.8 Å². The van der Waals surface area contributed by atoms with Gasteiger partial charge >= 0.3 is 18.1 Å². The zero-order valence-corrected chi connectivity index (χ0v) is 14.3. The zero-order chi connectivity index (χ0) is 19.0. The lowest BCUT2D eigenvalue weighted by molar-refractivity contribution is -0.156. The van der Waals surface area contributed by atoms with Crippen LogP contribution in [-0.4, -0.2) is 33.4 Å². The molecule has 0 radical (unpaired) electrons. The molecule has 1 aromatic rings. The quantitative estimate of drug-likeness (QED) is 0.829. The van der Waals surface area contributed by atoms with Gasteiger partial charge in [-0.05, 0) is 31.6 Å². The molecule has 0 bridgehead atoms. The summed E-state index contributed by atoms with van der Waals surface area (Å²) in [5.41, 5.74) is -2.71. The number of ether oxygens (including phenoxy) is 1. The Labute approximate surface area is 143 Å². The molecule has 2 rings (SSSR count). The largest absolute Gasteiger partial charge is 0.478 e. The molecule has 0 aliphatic heterocycles. The highest BCUT2D eigenvalue weighted by Gasteiger charge is 2.46. The summed E-state index contributed by atoms with van der Waals surface area (Å²) in [6.45, 7) is 5.54. The van der Waals surface area contributed by atoms with E-state index in [1.54, 1.807) is 20.8 Å². The molecule has 1 aromatic heterocycles. The van der Waals surface area contributed by atoms with Crippen molar-refractivity contribution < 1.29 is 32.6 Å². The fourth-order valence-electron chi connectivity index (χ4n) is 3.57. The molecule has 140 valence electrons. The standard InChI is InChI=1S/C16H21F3N2O4/c1-4-25-14(24)11-6-5-9(7-15(11,2)3)21-12(16(17,18)19)10(8-20-21)13(22)23/h8-9,11H,4-7H2,1-3H3,(H,22,23)/t9-,11+/m1/s1. The number of carbonyl (C=O) groups excluding carboxylic acids is 1. The number of hydrogen-bond acceptors (Lipinski definition) is 4. The molecule has 1 N–H and O–H groups in total. The van der Waals surface area contributed by atoms with Gasteiger partial charge in [0.2, 0.25) is 0 Å². The summed E-state index contributed by atoms with van der Waals surface area (Å²) in [6.07, 6.45) is -3.19. The van der Waals surface area contributed by atoms with Gasteiger partial charge in [-0.2, -0.15) is 18.3 Å². The van der Waals surface area contributed by atoms with Crippen molar-refractivity contribution in [1.82, 2.24) is 9.78 Å². The van der Waals surface area contributed by atoms with Crippen LogP contribution in [0.5, 0.6) is 0 Å². The summed E-state index contributed by atoms with van der Waals surface area (Å²) >= 11 is 0. The second-order valence-corrected chi connectivity index (χ2v) is 6.88. The van der Waals surface area contributed by atoms with E-state index < -0.39 is 40.8 Å². The highest BCUT2D eigenvalue weighted by atomic mass is 19.4.